The van der Waals surface area contributed by atoms with Crippen LogP contribution < -0.4 is 10.2 Å². The van der Waals surface area contributed by atoms with Gasteiger partial charge in [-0.1, -0.05) is 18.2 Å². The van der Waals surface area contributed by atoms with Gasteiger partial charge in [-0.15, -0.1) is 11.3 Å². The van der Waals surface area contributed by atoms with E-state index in [1.165, 1.54) is 23.5 Å². The lowest BCUT2D eigenvalue weighted by molar-refractivity contribution is -0.115. The molecule has 2 aromatic carbocycles. The van der Waals surface area contributed by atoms with Crippen molar-refractivity contribution in [2.24, 2.45) is 0 Å². The van der Waals surface area contributed by atoms with Crippen LogP contribution in [0.2, 0.25) is 0 Å². The van der Waals surface area contributed by atoms with E-state index in [0.717, 1.165) is 11.3 Å². The molecule has 0 fully saturated rings. The first-order valence-electron chi connectivity index (χ1n) is 8.50. The molecular formula is C20H20FN3O2S. The molecule has 1 amide bonds. The second-order valence-electron chi connectivity index (χ2n) is 6.16. The van der Waals surface area contributed by atoms with E-state index < -0.39 is 6.10 Å². The molecule has 0 aliphatic rings. The number of amides is 1. The summed E-state index contributed by atoms with van der Waals surface area (Å²) in [5.41, 5.74) is 2.33. The third kappa shape index (κ3) is 5.35. The number of aliphatic hydroxyl groups excluding tert-OH is 1. The van der Waals surface area contributed by atoms with Crippen LogP contribution in [0, 0.1) is 5.82 Å². The van der Waals surface area contributed by atoms with Gasteiger partial charge in [0.2, 0.25) is 5.91 Å². The highest BCUT2D eigenvalue weighted by atomic mass is 32.1. The van der Waals surface area contributed by atoms with Gasteiger partial charge in [-0.05, 0) is 43.3 Å². The third-order valence-electron chi connectivity index (χ3n) is 3.83. The van der Waals surface area contributed by atoms with Crippen molar-refractivity contribution in [2.75, 3.05) is 23.3 Å². The molecule has 0 bridgehead atoms. The molecule has 0 aliphatic carbocycles. The van der Waals surface area contributed by atoms with Crippen molar-refractivity contribution in [3.8, 4) is 11.3 Å². The summed E-state index contributed by atoms with van der Waals surface area (Å²) in [6, 6.07) is 15.5. The molecule has 0 aliphatic heterocycles. The maximum atomic E-state index is 13.0. The van der Waals surface area contributed by atoms with Gasteiger partial charge >= 0.3 is 0 Å². The fourth-order valence-corrected chi connectivity index (χ4v) is 3.37. The minimum atomic E-state index is -0.567. The first-order valence-corrected chi connectivity index (χ1v) is 9.38. The molecular weight excluding hydrogens is 365 g/mol. The topological polar surface area (TPSA) is 65.5 Å². The fraction of sp³-hybridized carbons (Fsp3) is 0.200. The zero-order valence-corrected chi connectivity index (χ0v) is 15.6. The maximum absolute atomic E-state index is 13.0. The molecule has 5 nitrogen and oxygen atoms in total. The summed E-state index contributed by atoms with van der Waals surface area (Å²) in [5.74, 6) is -0.527. The number of nitrogens with one attached hydrogen (secondary N) is 1. The Balaban J connectivity index is 1.66. The number of para-hydroxylation sites is 1. The first kappa shape index (κ1) is 19.0. The second-order valence-corrected chi connectivity index (χ2v) is 7.02. The van der Waals surface area contributed by atoms with Gasteiger partial charge in [-0.25, -0.2) is 9.37 Å². The number of halogens is 1. The van der Waals surface area contributed by atoms with Gasteiger partial charge in [0.05, 0.1) is 18.3 Å². The molecule has 1 unspecified atom stereocenters. The number of aliphatic hydroxyl groups is 1. The second kappa shape index (κ2) is 8.75. The number of hydrogen-bond acceptors (Lipinski definition) is 5. The number of thiazole rings is 1. The summed E-state index contributed by atoms with van der Waals surface area (Å²) in [4.78, 5) is 18.7. The zero-order valence-electron chi connectivity index (χ0n) is 14.8. The van der Waals surface area contributed by atoms with E-state index in [-0.39, 0.29) is 18.3 Å². The Hall–Kier alpha value is -2.77. The molecule has 0 saturated carbocycles. The van der Waals surface area contributed by atoms with Gasteiger partial charge in [0, 0.05) is 23.2 Å². The minimum Gasteiger partial charge on any atom is -0.392 e. The Bertz CT molecular complexity index is 882. The first-order chi connectivity index (χ1) is 13.0. The van der Waals surface area contributed by atoms with Crippen molar-refractivity contribution in [1.29, 1.82) is 0 Å². The Morgan fingerprint density at radius 1 is 1.22 bits per heavy atom. The fourth-order valence-electron chi connectivity index (χ4n) is 2.64. The molecule has 2 N–H and O–H groups in total. The van der Waals surface area contributed by atoms with Crippen molar-refractivity contribution in [1.82, 2.24) is 4.98 Å². The number of hydrogen-bond donors (Lipinski definition) is 2. The molecule has 0 radical (unpaired) electrons. The van der Waals surface area contributed by atoms with E-state index in [9.17, 15) is 14.3 Å². The van der Waals surface area contributed by atoms with Gasteiger partial charge in [0.15, 0.2) is 5.13 Å². The Kier molecular flexibility index (Phi) is 6.16. The summed E-state index contributed by atoms with van der Waals surface area (Å²) in [6.07, 6.45) is -0.567. The van der Waals surface area contributed by atoms with Crippen LogP contribution in [-0.2, 0) is 4.79 Å². The highest BCUT2D eigenvalue weighted by Gasteiger charge is 2.15. The van der Waals surface area contributed by atoms with E-state index in [0.29, 0.717) is 17.4 Å². The van der Waals surface area contributed by atoms with Crippen molar-refractivity contribution in [3.05, 3.63) is 65.8 Å². The van der Waals surface area contributed by atoms with Crippen molar-refractivity contribution < 1.29 is 14.3 Å². The van der Waals surface area contributed by atoms with Gasteiger partial charge < -0.3 is 15.3 Å². The predicted octanol–water partition coefficient (Wildman–Crippen LogP) is 3.78. The molecule has 7 heteroatoms. The average molecular weight is 385 g/mol. The van der Waals surface area contributed by atoms with Crippen molar-refractivity contribution >= 4 is 28.1 Å². The van der Waals surface area contributed by atoms with Crippen LogP contribution in [0.15, 0.2) is 60.0 Å². The average Bonchev–Trinajstić information content (AvgIpc) is 3.10. The molecule has 140 valence electrons. The van der Waals surface area contributed by atoms with Crippen LogP contribution in [0.5, 0.6) is 0 Å². The lowest BCUT2D eigenvalue weighted by Gasteiger charge is -2.25. The zero-order chi connectivity index (χ0) is 19.2. The lowest BCUT2D eigenvalue weighted by atomic mass is 10.2. The van der Waals surface area contributed by atoms with Gasteiger partial charge in [0.25, 0.3) is 0 Å². The largest absolute Gasteiger partial charge is 0.392 e. The van der Waals surface area contributed by atoms with Gasteiger partial charge in [0.1, 0.15) is 5.82 Å². The van der Waals surface area contributed by atoms with E-state index in [1.807, 2.05) is 40.6 Å². The van der Waals surface area contributed by atoms with E-state index in [1.54, 1.807) is 19.1 Å². The van der Waals surface area contributed by atoms with E-state index in [4.69, 9.17) is 0 Å². The van der Waals surface area contributed by atoms with Crippen LogP contribution in [0.1, 0.15) is 6.92 Å². The van der Waals surface area contributed by atoms with Crippen LogP contribution in [0.3, 0.4) is 0 Å². The number of carbonyl (C=O) groups excluding carboxylic acids is 1. The number of carbonyl (C=O) groups is 1. The molecule has 1 heterocycles. The summed E-state index contributed by atoms with van der Waals surface area (Å²) in [5, 5.41) is 14.8. The van der Waals surface area contributed by atoms with Crippen LogP contribution >= 0.6 is 11.3 Å². The predicted molar refractivity (Wildman–Crippen MR) is 106 cm³/mol. The van der Waals surface area contributed by atoms with Crippen molar-refractivity contribution in [2.45, 2.75) is 13.0 Å². The van der Waals surface area contributed by atoms with E-state index in [2.05, 4.69) is 10.3 Å². The minimum absolute atomic E-state index is 0.0976. The van der Waals surface area contributed by atoms with Gasteiger partial charge in [-0.2, -0.15) is 0 Å². The van der Waals surface area contributed by atoms with Crippen molar-refractivity contribution in [3.63, 3.8) is 0 Å². The molecule has 0 spiro atoms. The molecule has 0 saturated heterocycles. The highest BCUT2D eigenvalue weighted by molar-refractivity contribution is 7.14. The van der Waals surface area contributed by atoms with Crippen LogP contribution in [0.4, 0.5) is 15.2 Å². The number of benzene rings is 2. The highest BCUT2D eigenvalue weighted by Crippen LogP contribution is 2.25. The number of nitrogens with zero attached hydrogens (tertiary/aromatic N) is 2. The molecule has 3 aromatic rings. The quantitative estimate of drug-likeness (QED) is 0.650. The number of anilines is 2. The molecule has 1 atom stereocenters. The summed E-state index contributed by atoms with van der Waals surface area (Å²) < 4.78 is 13.0. The molecule has 1 aromatic heterocycles. The standard InChI is InChI=1S/C20H20FN3O2S/c1-14(25)11-24(17-5-3-2-4-6-17)12-19(26)23-20-22-18(13-27-20)15-7-9-16(21)10-8-15/h2-10,13-14,25H,11-12H2,1H3,(H,22,23,26). The van der Waals surface area contributed by atoms with E-state index >= 15 is 0 Å². The third-order valence-corrected chi connectivity index (χ3v) is 4.59. The number of rotatable bonds is 7. The lowest BCUT2D eigenvalue weighted by Crippen LogP contribution is -2.37. The Morgan fingerprint density at radius 2 is 1.93 bits per heavy atom. The Labute approximate surface area is 161 Å². The summed E-state index contributed by atoms with van der Waals surface area (Å²) in [7, 11) is 0. The summed E-state index contributed by atoms with van der Waals surface area (Å²) >= 11 is 1.31. The normalized spacial score (nSPS) is 11.8. The van der Waals surface area contributed by atoms with Gasteiger partial charge in [-0.3, -0.25) is 4.79 Å². The smallest absolute Gasteiger partial charge is 0.245 e. The Morgan fingerprint density at radius 3 is 2.59 bits per heavy atom. The van der Waals surface area contributed by atoms with Crippen LogP contribution in [0.25, 0.3) is 11.3 Å². The SMILES string of the molecule is CC(O)CN(CC(=O)Nc1nc(-c2ccc(F)cc2)cs1)c1ccccc1. The van der Waals surface area contributed by atoms with Crippen LogP contribution in [-0.4, -0.2) is 35.2 Å². The monoisotopic (exact) mass is 385 g/mol. The number of aromatic nitrogens is 1. The summed E-state index contributed by atoms with van der Waals surface area (Å²) in [6.45, 7) is 2.13. The maximum Gasteiger partial charge on any atom is 0.245 e. The molecule has 27 heavy (non-hydrogen) atoms. The molecule has 3 rings (SSSR count).